The average Bonchev–Trinajstić information content (AvgIpc) is 2.96. The molecule has 1 unspecified atom stereocenters. The molecule has 4 heteroatoms. The van der Waals surface area contributed by atoms with Crippen molar-refractivity contribution in [1.82, 2.24) is 10.6 Å². The van der Waals surface area contributed by atoms with E-state index in [0.29, 0.717) is 6.54 Å². The molecule has 4 nitrogen and oxygen atoms in total. The third-order valence-electron chi connectivity index (χ3n) is 3.30. The minimum Gasteiger partial charge on any atom is -0.469 e. The molecule has 0 aliphatic carbocycles. The summed E-state index contributed by atoms with van der Waals surface area (Å²) in [5, 5.41) is 5.80. The Kier molecular flexibility index (Phi) is 5.26. The third kappa shape index (κ3) is 4.95. The number of nitrogens with one attached hydrogen (secondary N) is 2. The summed E-state index contributed by atoms with van der Waals surface area (Å²) in [6, 6.07) is 13.9. The summed E-state index contributed by atoms with van der Waals surface area (Å²) in [6.45, 7) is 6.47. The molecule has 1 aromatic heterocycles. The molecular weight excluding hydrogens is 276 g/mol. The van der Waals surface area contributed by atoms with E-state index in [1.807, 2.05) is 51.1 Å². The van der Waals surface area contributed by atoms with E-state index in [4.69, 9.17) is 4.42 Å². The van der Waals surface area contributed by atoms with Crippen LogP contribution in [0.15, 0.2) is 53.1 Å². The lowest BCUT2D eigenvalue weighted by molar-refractivity contribution is 0.231. The number of amides is 2. The van der Waals surface area contributed by atoms with Crippen LogP contribution in [0.2, 0.25) is 0 Å². The Hall–Kier alpha value is -2.23. The van der Waals surface area contributed by atoms with Gasteiger partial charge >= 0.3 is 6.03 Å². The maximum Gasteiger partial charge on any atom is 0.315 e. The van der Waals surface area contributed by atoms with Crippen LogP contribution in [0, 0.1) is 0 Å². The molecular formula is C18H24N2O2. The molecule has 22 heavy (non-hydrogen) atoms. The number of furan rings is 1. The number of hydrogen-bond acceptors (Lipinski definition) is 2. The smallest absolute Gasteiger partial charge is 0.315 e. The normalized spacial score (nSPS) is 12.7. The molecule has 0 aliphatic rings. The van der Waals surface area contributed by atoms with E-state index >= 15 is 0 Å². The first-order chi connectivity index (χ1) is 10.5. The number of benzene rings is 1. The Morgan fingerprint density at radius 2 is 1.86 bits per heavy atom. The zero-order valence-corrected chi connectivity index (χ0v) is 13.4. The van der Waals surface area contributed by atoms with Crippen molar-refractivity contribution >= 4 is 6.03 Å². The molecule has 0 radical (unpaired) electrons. The molecule has 0 bridgehead atoms. The van der Waals surface area contributed by atoms with E-state index in [-0.39, 0.29) is 17.5 Å². The minimum absolute atomic E-state index is 0.140. The minimum atomic E-state index is -0.232. The Labute approximate surface area is 131 Å². The van der Waals surface area contributed by atoms with Gasteiger partial charge in [0.2, 0.25) is 0 Å². The second-order valence-electron chi connectivity index (χ2n) is 6.40. The third-order valence-corrected chi connectivity index (χ3v) is 3.30. The predicted molar refractivity (Wildman–Crippen MR) is 87.9 cm³/mol. The predicted octanol–water partition coefficient (Wildman–Crippen LogP) is 3.90. The van der Waals surface area contributed by atoms with Crippen molar-refractivity contribution in [2.45, 2.75) is 38.6 Å². The van der Waals surface area contributed by atoms with Gasteiger partial charge in [-0.2, -0.15) is 0 Å². The molecule has 1 heterocycles. The molecule has 0 fully saturated rings. The van der Waals surface area contributed by atoms with Crippen molar-refractivity contribution in [1.29, 1.82) is 0 Å². The van der Waals surface area contributed by atoms with Crippen LogP contribution in [0.3, 0.4) is 0 Å². The van der Waals surface area contributed by atoms with Crippen molar-refractivity contribution < 1.29 is 9.21 Å². The Bertz CT molecular complexity index is 571. The molecule has 118 valence electrons. The number of carbonyl (C=O) groups is 1. The fourth-order valence-electron chi connectivity index (χ4n) is 2.36. The van der Waals surface area contributed by atoms with Crippen molar-refractivity contribution in [3.05, 3.63) is 60.1 Å². The highest BCUT2D eigenvalue weighted by Gasteiger charge is 2.18. The van der Waals surface area contributed by atoms with E-state index in [1.54, 1.807) is 6.26 Å². The molecule has 2 N–H and O–H groups in total. The average molecular weight is 300 g/mol. The van der Waals surface area contributed by atoms with Crippen LogP contribution in [-0.4, -0.2) is 18.1 Å². The Morgan fingerprint density at radius 3 is 2.45 bits per heavy atom. The number of urea groups is 1. The summed E-state index contributed by atoms with van der Waals surface area (Å²) in [4.78, 5) is 11.8. The second kappa shape index (κ2) is 7.16. The summed E-state index contributed by atoms with van der Waals surface area (Å²) in [7, 11) is 0. The fraction of sp³-hybridized carbons (Fsp3) is 0.389. The molecule has 2 aromatic rings. The highest BCUT2D eigenvalue weighted by atomic mass is 16.3. The summed E-state index contributed by atoms with van der Waals surface area (Å²) in [5.41, 5.74) is 0.958. The van der Waals surface area contributed by atoms with Gasteiger partial charge in [0.25, 0.3) is 0 Å². The standard InChI is InChI=1S/C18H24N2O2/c1-18(2,3)20-17(21)19-12-11-15(16-10-7-13-22-16)14-8-5-4-6-9-14/h4-10,13,15H,11-12H2,1-3H3,(H2,19,20,21). The lowest BCUT2D eigenvalue weighted by Crippen LogP contribution is -2.46. The van der Waals surface area contributed by atoms with E-state index in [1.165, 1.54) is 5.56 Å². The topological polar surface area (TPSA) is 54.3 Å². The Morgan fingerprint density at radius 1 is 1.14 bits per heavy atom. The van der Waals surface area contributed by atoms with Gasteiger partial charge in [-0.05, 0) is 44.9 Å². The van der Waals surface area contributed by atoms with Gasteiger partial charge in [0.15, 0.2) is 0 Å². The molecule has 2 rings (SSSR count). The molecule has 1 aromatic carbocycles. The number of rotatable bonds is 5. The first kappa shape index (κ1) is 16.1. The van der Waals surface area contributed by atoms with Gasteiger partial charge in [-0.15, -0.1) is 0 Å². The molecule has 1 atom stereocenters. The largest absolute Gasteiger partial charge is 0.469 e. The van der Waals surface area contributed by atoms with E-state index in [2.05, 4.69) is 22.8 Å². The summed E-state index contributed by atoms with van der Waals surface area (Å²) in [5.74, 6) is 1.07. The van der Waals surface area contributed by atoms with Crippen LogP contribution in [0.25, 0.3) is 0 Å². The summed E-state index contributed by atoms with van der Waals surface area (Å²) >= 11 is 0. The van der Waals surface area contributed by atoms with Crippen LogP contribution in [-0.2, 0) is 0 Å². The lowest BCUT2D eigenvalue weighted by Gasteiger charge is -2.21. The molecule has 0 saturated heterocycles. The van der Waals surface area contributed by atoms with Crippen molar-refractivity contribution in [2.24, 2.45) is 0 Å². The van der Waals surface area contributed by atoms with Crippen LogP contribution in [0.4, 0.5) is 4.79 Å². The SMILES string of the molecule is CC(C)(C)NC(=O)NCCC(c1ccccc1)c1ccco1. The fourth-order valence-corrected chi connectivity index (χ4v) is 2.36. The van der Waals surface area contributed by atoms with Gasteiger partial charge in [-0.1, -0.05) is 30.3 Å². The van der Waals surface area contributed by atoms with Crippen LogP contribution >= 0.6 is 0 Å². The highest BCUT2D eigenvalue weighted by Crippen LogP contribution is 2.27. The first-order valence-electron chi connectivity index (χ1n) is 7.60. The monoisotopic (exact) mass is 300 g/mol. The lowest BCUT2D eigenvalue weighted by atomic mass is 9.93. The van der Waals surface area contributed by atoms with E-state index in [9.17, 15) is 4.79 Å². The second-order valence-corrected chi connectivity index (χ2v) is 6.40. The van der Waals surface area contributed by atoms with Crippen molar-refractivity contribution in [3.8, 4) is 0 Å². The Balaban J connectivity index is 1.96. The van der Waals surface area contributed by atoms with Crippen molar-refractivity contribution in [2.75, 3.05) is 6.54 Å². The number of carbonyl (C=O) groups excluding carboxylic acids is 1. The van der Waals surface area contributed by atoms with Gasteiger partial charge in [-0.25, -0.2) is 4.79 Å². The van der Waals surface area contributed by atoms with Gasteiger partial charge < -0.3 is 15.1 Å². The molecule has 0 aliphatic heterocycles. The summed E-state index contributed by atoms with van der Waals surface area (Å²) in [6.07, 6.45) is 2.47. The van der Waals surface area contributed by atoms with E-state index < -0.39 is 0 Å². The molecule has 2 amide bonds. The zero-order valence-electron chi connectivity index (χ0n) is 13.4. The summed E-state index contributed by atoms with van der Waals surface area (Å²) < 4.78 is 5.56. The van der Waals surface area contributed by atoms with Gasteiger partial charge in [-0.3, -0.25) is 0 Å². The van der Waals surface area contributed by atoms with Gasteiger partial charge in [0, 0.05) is 18.0 Å². The van der Waals surface area contributed by atoms with Crippen molar-refractivity contribution in [3.63, 3.8) is 0 Å². The zero-order chi connectivity index (χ0) is 16.0. The first-order valence-corrected chi connectivity index (χ1v) is 7.60. The maximum absolute atomic E-state index is 11.8. The van der Waals surface area contributed by atoms with Crippen LogP contribution < -0.4 is 10.6 Å². The molecule has 0 saturated carbocycles. The van der Waals surface area contributed by atoms with Gasteiger partial charge in [0.1, 0.15) is 5.76 Å². The quantitative estimate of drug-likeness (QED) is 0.880. The number of hydrogen-bond donors (Lipinski definition) is 2. The molecule has 0 spiro atoms. The van der Waals surface area contributed by atoms with Crippen LogP contribution in [0.5, 0.6) is 0 Å². The van der Waals surface area contributed by atoms with E-state index in [0.717, 1.165) is 12.2 Å². The van der Waals surface area contributed by atoms with Crippen LogP contribution in [0.1, 0.15) is 44.4 Å². The highest BCUT2D eigenvalue weighted by molar-refractivity contribution is 5.74. The maximum atomic E-state index is 11.8. The van der Waals surface area contributed by atoms with Gasteiger partial charge in [0.05, 0.1) is 6.26 Å².